The van der Waals surface area contributed by atoms with Crippen LogP contribution in [0.3, 0.4) is 0 Å². The van der Waals surface area contributed by atoms with E-state index in [1.807, 2.05) is 0 Å². The molecule has 1 amide bonds. The highest BCUT2D eigenvalue weighted by Crippen LogP contribution is 2.26. The highest BCUT2D eigenvalue weighted by Gasteiger charge is 2.22. The number of carbonyl (C=O) groups is 1. The van der Waals surface area contributed by atoms with Gasteiger partial charge in [-0.1, -0.05) is 17.7 Å². The Balaban J connectivity index is 1.90. The fourth-order valence-electron chi connectivity index (χ4n) is 2.23. The second-order valence-electron chi connectivity index (χ2n) is 4.70. The average Bonchev–Trinajstić information content (AvgIpc) is 2.44. The Hall–Kier alpha value is -1.46. The normalized spacial score (nSPS) is 16.2. The standard InChI is InChI=1S/C14H19ClN2O3/c1-2-20-14(19)17-8-6-16(7-9-17)10-11-12(15)4-3-5-13(11)18/h3-5,18H,2,6-10H2,1H3. The summed E-state index contributed by atoms with van der Waals surface area (Å²) >= 11 is 6.10. The number of piperazine rings is 1. The lowest BCUT2D eigenvalue weighted by Crippen LogP contribution is -2.48. The molecule has 5 nitrogen and oxygen atoms in total. The molecule has 110 valence electrons. The number of carbonyl (C=O) groups excluding carboxylic acids is 1. The Morgan fingerprint density at radius 3 is 2.65 bits per heavy atom. The molecule has 0 bridgehead atoms. The molecule has 0 atom stereocenters. The molecule has 0 saturated carbocycles. The van der Waals surface area contributed by atoms with Crippen LogP contribution in [0, 0.1) is 0 Å². The first-order valence-electron chi connectivity index (χ1n) is 6.72. The summed E-state index contributed by atoms with van der Waals surface area (Å²) in [4.78, 5) is 15.5. The van der Waals surface area contributed by atoms with Crippen molar-refractivity contribution in [3.8, 4) is 5.75 Å². The number of nitrogens with zero attached hydrogens (tertiary/aromatic N) is 2. The topological polar surface area (TPSA) is 53.0 Å². The number of rotatable bonds is 3. The molecule has 6 heteroatoms. The van der Waals surface area contributed by atoms with Gasteiger partial charge in [0.25, 0.3) is 0 Å². The van der Waals surface area contributed by atoms with Gasteiger partial charge < -0.3 is 14.7 Å². The van der Waals surface area contributed by atoms with Gasteiger partial charge in [-0.05, 0) is 19.1 Å². The van der Waals surface area contributed by atoms with Crippen molar-refractivity contribution in [2.45, 2.75) is 13.5 Å². The molecule has 1 aromatic carbocycles. The van der Waals surface area contributed by atoms with E-state index >= 15 is 0 Å². The third kappa shape index (κ3) is 3.55. The first-order chi connectivity index (χ1) is 9.61. The van der Waals surface area contributed by atoms with Crippen molar-refractivity contribution in [1.82, 2.24) is 9.80 Å². The lowest BCUT2D eigenvalue weighted by molar-refractivity contribution is 0.0776. The molecular formula is C14H19ClN2O3. The molecule has 20 heavy (non-hydrogen) atoms. The fourth-order valence-corrected chi connectivity index (χ4v) is 2.46. The number of phenols is 1. The van der Waals surface area contributed by atoms with Gasteiger partial charge in [-0.25, -0.2) is 4.79 Å². The van der Waals surface area contributed by atoms with Crippen LogP contribution >= 0.6 is 11.6 Å². The van der Waals surface area contributed by atoms with Crippen LogP contribution in [0.2, 0.25) is 5.02 Å². The van der Waals surface area contributed by atoms with Crippen LogP contribution in [-0.4, -0.2) is 53.8 Å². The van der Waals surface area contributed by atoms with Crippen molar-refractivity contribution >= 4 is 17.7 Å². The molecule has 1 N–H and O–H groups in total. The molecule has 1 fully saturated rings. The molecule has 0 radical (unpaired) electrons. The Kier molecular flexibility index (Phi) is 5.09. The van der Waals surface area contributed by atoms with Gasteiger partial charge in [0.05, 0.1) is 6.61 Å². The van der Waals surface area contributed by atoms with E-state index in [2.05, 4.69) is 4.90 Å². The number of halogens is 1. The van der Waals surface area contributed by atoms with Gasteiger partial charge in [-0.2, -0.15) is 0 Å². The van der Waals surface area contributed by atoms with E-state index in [1.54, 1.807) is 30.0 Å². The number of amides is 1. The van der Waals surface area contributed by atoms with Gasteiger partial charge >= 0.3 is 6.09 Å². The van der Waals surface area contributed by atoms with Gasteiger partial charge in [0.15, 0.2) is 0 Å². The fraction of sp³-hybridized carbons (Fsp3) is 0.500. The number of ether oxygens (including phenoxy) is 1. The van der Waals surface area contributed by atoms with Crippen LogP contribution in [0.4, 0.5) is 4.79 Å². The predicted octanol–water partition coefficient (Wildman–Crippen LogP) is 2.32. The predicted molar refractivity (Wildman–Crippen MR) is 77.0 cm³/mol. The second kappa shape index (κ2) is 6.81. The zero-order valence-electron chi connectivity index (χ0n) is 11.5. The molecule has 0 aromatic heterocycles. The molecule has 1 aliphatic heterocycles. The minimum Gasteiger partial charge on any atom is -0.508 e. The van der Waals surface area contributed by atoms with Crippen molar-refractivity contribution in [3.05, 3.63) is 28.8 Å². The Labute approximate surface area is 123 Å². The highest BCUT2D eigenvalue weighted by atomic mass is 35.5. The largest absolute Gasteiger partial charge is 0.508 e. The molecule has 1 aromatic rings. The van der Waals surface area contributed by atoms with Crippen molar-refractivity contribution in [2.75, 3.05) is 32.8 Å². The maximum absolute atomic E-state index is 11.6. The van der Waals surface area contributed by atoms with Crippen molar-refractivity contribution in [3.63, 3.8) is 0 Å². The molecule has 1 heterocycles. The molecule has 0 spiro atoms. The molecule has 1 saturated heterocycles. The highest BCUT2D eigenvalue weighted by molar-refractivity contribution is 6.31. The summed E-state index contributed by atoms with van der Waals surface area (Å²) < 4.78 is 4.98. The minimum atomic E-state index is -0.257. The van der Waals surface area contributed by atoms with Crippen molar-refractivity contribution in [2.24, 2.45) is 0 Å². The molecule has 0 aliphatic carbocycles. The van der Waals surface area contributed by atoms with Crippen LogP contribution in [0.15, 0.2) is 18.2 Å². The Morgan fingerprint density at radius 2 is 2.05 bits per heavy atom. The third-order valence-electron chi connectivity index (χ3n) is 3.37. The molecule has 1 aliphatic rings. The van der Waals surface area contributed by atoms with E-state index in [0.29, 0.717) is 31.3 Å². The number of benzene rings is 1. The van der Waals surface area contributed by atoms with Crippen molar-refractivity contribution in [1.29, 1.82) is 0 Å². The maximum Gasteiger partial charge on any atom is 0.409 e. The van der Waals surface area contributed by atoms with Gasteiger partial charge in [-0.3, -0.25) is 4.90 Å². The average molecular weight is 299 g/mol. The first kappa shape index (κ1) is 14.9. The van der Waals surface area contributed by atoms with Gasteiger partial charge in [0.1, 0.15) is 5.75 Å². The number of hydrogen-bond donors (Lipinski definition) is 1. The smallest absolute Gasteiger partial charge is 0.409 e. The number of hydrogen-bond acceptors (Lipinski definition) is 4. The molecular weight excluding hydrogens is 280 g/mol. The summed E-state index contributed by atoms with van der Waals surface area (Å²) in [6.07, 6.45) is -0.257. The molecule has 0 unspecified atom stereocenters. The van der Waals surface area contributed by atoms with E-state index in [9.17, 15) is 9.90 Å². The summed E-state index contributed by atoms with van der Waals surface area (Å²) in [6, 6.07) is 5.13. The zero-order valence-corrected chi connectivity index (χ0v) is 12.3. The number of phenolic OH excluding ortho intramolecular Hbond substituents is 1. The quantitative estimate of drug-likeness (QED) is 0.930. The van der Waals surface area contributed by atoms with Crippen LogP contribution in [0.1, 0.15) is 12.5 Å². The number of aromatic hydroxyl groups is 1. The summed E-state index contributed by atoms with van der Waals surface area (Å²) in [5.41, 5.74) is 0.735. The van der Waals surface area contributed by atoms with Crippen LogP contribution in [0.25, 0.3) is 0 Å². The first-order valence-corrected chi connectivity index (χ1v) is 7.10. The van der Waals surface area contributed by atoms with Gasteiger partial charge in [-0.15, -0.1) is 0 Å². The Morgan fingerprint density at radius 1 is 1.35 bits per heavy atom. The van der Waals surface area contributed by atoms with E-state index < -0.39 is 0 Å². The van der Waals surface area contributed by atoms with Crippen LogP contribution in [0.5, 0.6) is 5.75 Å². The van der Waals surface area contributed by atoms with Crippen molar-refractivity contribution < 1.29 is 14.6 Å². The van der Waals surface area contributed by atoms with Crippen LogP contribution < -0.4 is 0 Å². The van der Waals surface area contributed by atoms with Gasteiger partial charge in [0.2, 0.25) is 0 Å². The maximum atomic E-state index is 11.6. The lowest BCUT2D eigenvalue weighted by atomic mass is 10.1. The minimum absolute atomic E-state index is 0.213. The lowest BCUT2D eigenvalue weighted by Gasteiger charge is -2.34. The summed E-state index contributed by atoms with van der Waals surface area (Å²) in [7, 11) is 0. The van der Waals surface area contributed by atoms with E-state index in [1.165, 1.54) is 0 Å². The zero-order chi connectivity index (χ0) is 14.5. The monoisotopic (exact) mass is 298 g/mol. The van der Waals surface area contributed by atoms with E-state index in [4.69, 9.17) is 16.3 Å². The molecule has 2 rings (SSSR count). The summed E-state index contributed by atoms with van der Waals surface area (Å²) in [5.74, 6) is 0.213. The SMILES string of the molecule is CCOC(=O)N1CCN(Cc2c(O)cccc2Cl)CC1. The van der Waals surface area contributed by atoms with E-state index in [-0.39, 0.29) is 11.8 Å². The Bertz CT molecular complexity index is 453. The third-order valence-corrected chi connectivity index (χ3v) is 3.73. The summed E-state index contributed by atoms with van der Waals surface area (Å²) in [6.45, 7) is 5.52. The second-order valence-corrected chi connectivity index (χ2v) is 5.11. The van der Waals surface area contributed by atoms with E-state index in [0.717, 1.165) is 18.7 Å². The van der Waals surface area contributed by atoms with Gasteiger partial charge in [0, 0.05) is 43.3 Å². The summed E-state index contributed by atoms with van der Waals surface area (Å²) in [5, 5.41) is 10.4. The van der Waals surface area contributed by atoms with Crippen LogP contribution in [-0.2, 0) is 11.3 Å².